The summed E-state index contributed by atoms with van der Waals surface area (Å²) in [4.78, 5) is 0. The van der Waals surface area contributed by atoms with Crippen molar-refractivity contribution in [1.82, 2.24) is 4.57 Å². The second kappa shape index (κ2) is 5.12. The molecular formula is C17H16N2. The number of hydrogen-bond donors (Lipinski definition) is 1. The average molecular weight is 248 g/mol. The maximum absolute atomic E-state index is 5.63. The molecule has 0 fully saturated rings. The van der Waals surface area contributed by atoms with E-state index in [9.17, 15) is 0 Å². The molecule has 2 heteroatoms. The lowest BCUT2D eigenvalue weighted by Crippen LogP contribution is -1.94. The molecule has 0 unspecified atom stereocenters. The summed E-state index contributed by atoms with van der Waals surface area (Å²) in [7, 11) is 0. The lowest BCUT2D eigenvalue weighted by molar-refractivity contribution is 1.03. The second-order valence-electron chi connectivity index (χ2n) is 4.54. The largest absolute Gasteiger partial charge is 0.326 e. The van der Waals surface area contributed by atoms with Gasteiger partial charge < -0.3 is 10.3 Å². The highest BCUT2D eigenvalue weighted by molar-refractivity contribution is 5.64. The lowest BCUT2D eigenvalue weighted by atomic mass is 10.1. The van der Waals surface area contributed by atoms with Crippen LogP contribution in [0.15, 0.2) is 73.1 Å². The van der Waals surface area contributed by atoms with Gasteiger partial charge >= 0.3 is 0 Å². The fraction of sp³-hybridized carbons (Fsp3) is 0.0588. The molecule has 0 atom stereocenters. The van der Waals surface area contributed by atoms with E-state index in [4.69, 9.17) is 5.73 Å². The van der Waals surface area contributed by atoms with E-state index in [-0.39, 0.29) is 0 Å². The Kier molecular flexibility index (Phi) is 3.17. The van der Waals surface area contributed by atoms with Gasteiger partial charge in [0.15, 0.2) is 0 Å². The molecule has 3 aromatic rings. The first-order chi connectivity index (χ1) is 9.36. The van der Waals surface area contributed by atoms with Crippen LogP contribution in [0.2, 0.25) is 0 Å². The van der Waals surface area contributed by atoms with E-state index in [2.05, 4.69) is 59.3 Å². The van der Waals surface area contributed by atoms with E-state index in [0.717, 1.165) is 11.3 Å². The third-order valence-electron chi connectivity index (χ3n) is 3.26. The molecule has 1 aromatic heterocycles. The molecule has 0 aliphatic rings. The SMILES string of the molecule is NCc1ccn(-c2ccc(-c3ccccc3)cc2)c1. The monoisotopic (exact) mass is 248 g/mol. The van der Waals surface area contributed by atoms with Gasteiger partial charge in [0, 0.05) is 24.6 Å². The molecule has 0 saturated heterocycles. The summed E-state index contributed by atoms with van der Waals surface area (Å²) in [6.07, 6.45) is 4.11. The van der Waals surface area contributed by atoms with Crippen molar-refractivity contribution in [3.63, 3.8) is 0 Å². The van der Waals surface area contributed by atoms with Crippen molar-refractivity contribution in [3.05, 3.63) is 78.6 Å². The lowest BCUT2D eigenvalue weighted by Gasteiger charge is -2.05. The number of nitrogens with two attached hydrogens (primary N) is 1. The van der Waals surface area contributed by atoms with Crippen molar-refractivity contribution in [2.24, 2.45) is 5.73 Å². The van der Waals surface area contributed by atoms with E-state index >= 15 is 0 Å². The van der Waals surface area contributed by atoms with Crippen LogP contribution in [0.25, 0.3) is 16.8 Å². The summed E-state index contributed by atoms with van der Waals surface area (Å²) in [6.45, 7) is 0.578. The molecule has 3 rings (SSSR count). The second-order valence-corrected chi connectivity index (χ2v) is 4.54. The Morgan fingerprint density at radius 3 is 2.11 bits per heavy atom. The minimum Gasteiger partial charge on any atom is -0.326 e. The summed E-state index contributed by atoms with van der Waals surface area (Å²) < 4.78 is 2.09. The first-order valence-electron chi connectivity index (χ1n) is 6.39. The van der Waals surface area contributed by atoms with E-state index in [1.165, 1.54) is 11.1 Å². The Morgan fingerprint density at radius 1 is 0.789 bits per heavy atom. The Hall–Kier alpha value is -2.32. The highest BCUT2D eigenvalue weighted by Crippen LogP contribution is 2.21. The molecule has 0 spiro atoms. The molecule has 0 amide bonds. The van der Waals surface area contributed by atoms with Crippen LogP contribution >= 0.6 is 0 Å². The zero-order valence-corrected chi connectivity index (χ0v) is 10.7. The molecule has 2 aromatic carbocycles. The van der Waals surface area contributed by atoms with Crippen LogP contribution < -0.4 is 5.73 Å². The van der Waals surface area contributed by atoms with Crippen molar-refractivity contribution in [2.45, 2.75) is 6.54 Å². The molecule has 0 aliphatic heterocycles. The van der Waals surface area contributed by atoms with Gasteiger partial charge in [-0.15, -0.1) is 0 Å². The average Bonchev–Trinajstić information content (AvgIpc) is 2.97. The van der Waals surface area contributed by atoms with Gasteiger partial charge in [0.25, 0.3) is 0 Å². The van der Waals surface area contributed by atoms with Crippen LogP contribution in [0, 0.1) is 0 Å². The third-order valence-corrected chi connectivity index (χ3v) is 3.26. The third kappa shape index (κ3) is 2.44. The number of benzene rings is 2. The van der Waals surface area contributed by atoms with Crippen LogP contribution in [-0.2, 0) is 6.54 Å². The van der Waals surface area contributed by atoms with Crippen LogP contribution in [0.1, 0.15) is 5.56 Å². The Bertz CT molecular complexity index is 651. The van der Waals surface area contributed by atoms with Gasteiger partial charge in [-0.2, -0.15) is 0 Å². The molecule has 2 nitrogen and oxygen atoms in total. The molecule has 94 valence electrons. The van der Waals surface area contributed by atoms with E-state index < -0.39 is 0 Å². The molecule has 0 bridgehead atoms. The maximum Gasteiger partial charge on any atom is 0.0449 e. The van der Waals surface area contributed by atoms with Crippen LogP contribution in [-0.4, -0.2) is 4.57 Å². The summed E-state index contributed by atoms with van der Waals surface area (Å²) in [5.41, 5.74) is 10.4. The molecule has 19 heavy (non-hydrogen) atoms. The zero-order valence-electron chi connectivity index (χ0n) is 10.7. The van der Waals surface area contributed by atoms with E-state index in [1.54, 1.807) is 0 Å². The minimum absolute atomic E-state index is 0.578. The first kappa shape index (κ1) is 11.8. The van der Waals surface area contributed by atoms with Crippen molar-refractivity contribution in [2.75, 3.05) is 0 Å². The summed E-state index contributed by atoms with van der Waals surface area (Å²) in [5.74, 6) is 0. The quantitative estimate of drug-likeness (QED) is 0.754. The smallest absolute Gasteiger partial charge is 0.0449 e. The van der Waals surface area contributed by atoms with Crippen LogP contribution in [0.3, 0.4) is 0 Å². The molecule has 2 N–H and O–H groups in total. The van der Waals surface area contributed by atoms with Gasteiger partial charge in [0.1, 0.15) is 0 Å². The van der Waals surface area contributed by atoms with Gasteiger partial charge in [0.05, 0.1) is 0 Å². The van der Waals surface area contributed by atoms with Gasteiger partial charge in [-0.1, -0.05) is 42.5 Å². The molecule has 0 saturated carbocycles. The summed E-state index contributed by atoms with van der Waals surface area (Å²) >= 11 is 0. The summed E-state index contributed by atoms with van der Waals surface area (Å²) in [6, 6.07) is 21.0. The number of hydrogen-bond acceptors (Lipinski definition) is 1. The van der Waals surface area contributed by atoms with Gasteiger partial charge in [0.2, 0.25) is 0 Å². The maximum atomic E-state index is 5.63. The van der Waals surface area contributed by atoms with Crippen molar-refractivity contribution < 1.29 is 0 Å². The van der Waals surface area contributed by atoms with Crippen molar-refractivity contribution in [3.8, 4) is 16.8 Å². The molecular weight excluding hydrogens is 232 g/mol. The number of nitrogens with zero attached hydrogens (tertiary/aromatic N) is 1. The molecule has 1 heterocycles. The fourth-order valence-electron chi connectivity index (χ4n) is 2.18. The predicted molar refractivity (Wildman–Crippen MR) is 79.1 cm³/mol. The zero-order chi connectivity index (χ0) is 13.1. The number of aromatic nitrogens is 1. The topological polar surface area (TPSA) is 30.9 Å². The van der Waals surface area contributed by atoms with Gasteiger partial charge in [-0.3, -0.25) is 0 Å². The van der Waals surface area contributed by atoms with Crippen LogP contribution in [0.5, 0.6) is 0 Å². The summed E-state index contributed by atoms with van der Waals surface area (Å²) in [5, 5.41) is 0. The minimum atomic E-state index is 0.578. The molecule has 0 radical (unpaired) electrons. The highest BCUT2D eigenvalue weighted by Gasteiger charge is 2.00. The van der Waals surface area contributed by atoms with Gasteiger partial charge in [-0.05, 0) is 34.9 Å². The van der Waals surface area contributed by atoms with Gasteiger partial charge in [-0.25, -0.2) is 0 Å². The van der Waals surface area contributed by atoms with Crippen molar-refractivity contribution >= 4 is 0 Å². The van der Waals surface area contributed by atoms with Crippen molar-refractivity contribution in [1.29, 1.82) is 0 Å². The Labute approximate surface area is 113 Å². The predicted octanol–water partition coefficient (Wildman–Crippen LogP) is 3.60. The normalized spacial score (nSPS) is 10.6. The standard InChI is InChI=1S/C17H16N2/c18-12-14-10-11-19(13-14)17-8-6-16(7-9-17)15-4-2-1-3-5-15/h1-11,13H,12,18H2. The molecule has 0 aliphatic carbocycles. The highest BCUT2D eigenvalue weighted by atomic mass is 14.9. The van der Waals surface area contributed by atoms with Crippen LogP contribution in [0.4, 0.5) is 0 Å². The van der Waals surface area contributed by atoms with E-state index in [1.807, 2.05) is 18.3 Å². The fourth-order valence-corrected chi connectivity index (χ4v) is 2.18. The first-order valence-corrected chi connectivity index (χ1v) is 6.39. The van der Waals surface area contributed by atoms with E-state index in [0.29, 0.717) is 6.54 Å². The Morgan fingerprint density at radius 2 is 1.47 bits per heavy atom. The number of rotatable bonds is 3. The Balaban J connectivity index is 1.90.